The van der Waals surface area contributed by atoms with E-state index in [1.165, 1.54) is 64.5 Å². The molecule has 1 fully saturated rings. The largest absolute Gasteiger partial charge is 0.299 e. The molecule has 2 heteroatoms. The van der Waals surface area contributed by atoms with E-state index in [9.17, 15) is 0 Å². The van der Waals surface area contributed by atoms with Gasteiger partial charge in [-0.25, -0.2) is 0 Å². The molecule has 0 N–H and O–H groups in total. The van der Waals surface area contributed by atoms with Gasteiger partial charge in [0.1, 0.15) is 0 Å². The van der Waals surface area contributed by atoms with E-state index in [2.05, 4.69) is 11.8 Å². The van der Waals surface area contributed by atoms with E-state index in [4.69, 9.17) is 11.6 Å². The highest BCUT2D eigenvalue weighted by atomic mass is 35.5. The summed E-state index contributed by atoms with van der Waals surface area (Å²) in [5.74, 6) is 0.827. The quantitative estimate of drug-likeness (QED) is 0.493. The summed E-state index contributed by atoms with van der Waals surface area (Å²) in [7, 11) is 0. The van der Waals surface area contributed by atoms with Crippen molar-refractivity contribution in [2.24, 2.45) is 0 Å². The van der Waals surface area contributed by atoms with Gasteiger partial charge in [-0.3, -0.25) is 4.90 Å². The Bertz CT molecular complexity index is 149. The van der Waals surface area contributed by atoms with Gasteiger partial charge in [-0.15, -0.1) is 11.6 Å². The van der Waals surface area contributed by atoms with Crippen LogP contribution in [0.5, 0.6) is 0 Å². The summed E-state index contributed by atoms with van der Waals surface area (Å²) >= 11 is 6.05. The van der Waals surface area contributed by atoms with Gasteiger partial charge in [0, 0.05) is 11.9 Å². The average molecular weight is 232 g/mol. The van der Waals surface area contributed by atoms with Crippen LogP contribution >= 0.6 is 11.6 Å². The molecule has 0 amide bonds. The monoisotopic (exact) mass is 231 g/mol. The Morgan fingerprint density at radius 3 is 2.73 bits per heavy atom. The number of hydrogen-bond donors (Lipinski definition) is 0. The van der Waals surface area contributed by atoms with Crippen LogP contribution in [0.15, 0.2) is 0 Å². The molecule has 1 atom stereocenters. The van der Waals surface area contributed by atoms with Crippen molar-refractivity contribution in [1.82, 2.24) is 4.90 Å². The minimum Gasteiger partial charge on any atom is -0.299 e. The summed E-state index contributed by atoms with van der Waals surface area (Å²) in [5, 5.41) is 0. The Hall–Kier alpha value is 0.250. The van der Waals surface area contributed by atoms with Gasteiger partial charge in [0.2, 0.25) is 0 Å². The van der Waals surface area contributed by atoms with Crippen molar-refractivity contribution in [1.29, 1.82) is 0 Å². The van der Waals surface area contributed by atoms with E-state index >= 15 is 0 Å². The predicted octanol–water partition coefficient (Wildman–Crippen LogP) is 4.05. The molecule has 1 saturated heterocycles. The zero-order chi connectivity index (χ0) is 10.9. The first-order chi connectivity index (χ1) is 7.38. The molecule has 1 aliphatic heterocycles. The first kappa shape index (κ1) is 13.3. The van der Waals surface area contributed by atoms with Gasteiger partial charge in [0.15, 0.2) is 0 Å². The summed E-state index contributed by atoms with van der Waals surface area (Å²) < 4.78 is 0. The highest BCUT2D eigenvalue weighted by Gasteiger charge is 2.19. The molecule has 0 aromatic carbocycles. The zero-order valence-corrected chi connectivity index (χ0v) is 10.9. The van der Waals surface area contributed by atoms with E-state index in [0.717, 1.165) is 5.88 Å². The summed E-state index contributed by atoms with van der Waals surface area (Å²) in [4.78, 5) is 2.63. The zero-order valence-electron chi connectivity index (χ0n) is 10.2. The highest BCUT2D eigenvalue weighted by molar-refractivity contribution is 6.18. The second-order valence-corrected chi connectivity index (χ2v) is 5.06. The second-order valence-electron chi connectivity index (χ2n) is 4.75. The van der Waals surface area contributed by atoms with Crippen LogP contribution in [0.4, 0.5) is 0 Å². The third-order valence-corrected chi connectivity index (χ3v) is 3.83. The Kier molecular flexibility index (Phi) is 7.46. The number of rotatable bonds is 6. The Labute approximate surface area is 100 Å². The molecule has 0 aromatic rings. The van der Waals surface area contributed by atoms with Crippen LogP contribution in [0.1, 0.15) is 58.3 Å². The van der Waals surface area contributed by atoms with Gasteiger partial charge in [0.05, 0.1) is 0 Å². The van der Waals surface area contributed by atoms with Crippen molar-refractivity contribution < 1.29 is 0 Å². The molecular formula is C13H26ClN. The van der Waals surface area contributed by atoms with Crippen LogP contribution < -0.4 is 0 Å². The maximum absolute atomic E-state index is 6.05. The molecule has 15 heavy (non-hydrogen) atoms. The van der Waals surface area contributed by atoms with E-state index in [-0.39, 0.29) is 0 Å². The van der Waals surface area contributed by atoms with Crippen LogP contribution in [0.25, 0.3) is 0 Å². The fourth-order valence-electron chi connectivity index (χ4n) is 2.45. The van der Waals surface area contributed by atoms with Crippen LogP contribution in [0.2, 0.25) is 0 Å². The predicted molar refractivity (Wildman–Crippen MR) is 68.7 cm³/mol. The summed E-state index contributed by atoms with van der Waals surface area (Å²) in [6.45, 7) is 4.83. The lowest BCUT2D eigenvalue weighted by molar-refractivity contribution is 0.211. The van der Waals surface area contributed by atoms with Gasteiger partial charge in [0.25, 0.3) is 0 Å². The SMILES string of the molecule is CCCCCCN1CCCCCC1CCl. The summed E-state index contributed by atoms with van der Waals surface area (Å²) in [6.07, 6.45) is 10.9. The van der Waals surface area contributed by atoms with Crippen molar-refractivity contribution in [3.8, 4) is 0 Å². The maximum atomic E-state index is 6.05. The van der Waals surface area contributed by atoms with Crippen LogP contribution in [0, 0.1) is 0 Å². The van der Waals surface area contributed by atoms with Gasteiger partial charge in [-0.2, -0.15) is 0 Å². The molecule has 0 aromatic heterocycles. The topological polar surface area (TPSA) is 3.24 Å². The van der Waals surface area contributed by atoms with E-state index in [0.29, 0.717) is 6.04 Å². The lowest BCUT2D eigenvalue weighted by Crippen LogP contribution is -2.36. The third-order valence-electron chi connectivity index (χ3n) is 3.48. The fraction of sp³-hybridized carbons (Fsp3) is 1.00. The number of halogens is 1. The van der Waals surface area contributed by atoms with Crippen molar-refractivity contribution >= 4 is 11.6 Å². The second kappa shape index (κ2) is 8.41. The number of likely N-dealkylation sites (tertiary alicyclic amines) is 1. The van der Waals surface area contributed by atoms with Crippen LogP contribution in [-0.4, -0.2) is 29.9 Å². The maximum Gasteiger partial charge on any atom is 0.0379 e. The molecule has 1 aliphatic rings. The van der Waals surface area contributed by atoms with Gasteiger partial charge in [-0.05, 0) is 32.4 Å². The average Bonchev–Trinajstić information content (AvgIpc) is 2.49. The molecule has 1 rings (SSSR count). The Balaban J connectivity index is 2.22. The lowest BCUT2D eigenvalue weighted by atomic mass is 10.1. The normalized spacial score (nSPS) is 24.0. The van der Waals surface area contributed by atoms with Crippen molar-refractivity contribution in [2.75, 3.05) is 19.0 Å². The van der Waals surface area contributed by atoms with Crippen molar-refractivity contribution in [3.63, 3.8) is 0 Å². The standard InChI is InChI=1S/C13H26ClN/c1-2-3-4-7-10-15-11-8-5-6-9-13(15)12-14/h13H,2-12H2,1H3. The summed E-state index contributed by atoms with van der Waals surface area (Å²) in [5.41, 5.74) is 0. The minimum atomic E-state index is 0.663. The molecule has 90 valence electrons. The van der Waals surface area contributed by atoms with E-state index in [1.807, 2.05) is 0 Å². The number of hydrogen-bond acceptors (Lipinski definition) is 1. The fourth-order valence-corrected chi connectivity index (χ4v) is 2.80. The summed E-state index contributed by atoms with van der Waals surface area (Å²) in [6, 6.07) is 0.663. The van der Waals surface area contributed by atoms with Crippen LogP contribution in [0.3, 0.4) is 0 Å². The molecule has 0 radical (unpaired) electrons. The molecule has 0 saturated carbocycles. The molecule has 1 nitrogen and oxygen atoms in total. The highest BCUT2D eigenvalue weighted by Crippen LogP contribution is 2.18. The third kappa shape index (κ3) is 5.21. The molecule has 0 bridgehead atoms. The smallest absolute Gasteiger partial charge is 0.0379 e. The van der Waals surface area contributed by atoms with Gasteiger partial charge >= 0.3 is 0 Å². The van der Waals surface area contributed by atoms with Crippen LogP contribution in [-0.2, 0) is 0 Å². The molecular weight excluding hydrogens is 206 g/mol. The molecule has 1 heterocycles. The Morgan fingerprint density at radius 2 is 2.00 bits per heavy atom. The number of unbranched alkanes of at least 4 members (excludes halogenated alkanes) is 3. The van der Waals surface area contributed by atoms with Crippen molar-refractivity contribution in [3.05, 3.63) is 0 Å². The Morgan fingerprint density at radius 1 is 1.13 bits per heavy atom. The number of alkyl halides is 1. The van der Waals surface area contributed by atoms with Crippen molar-refractivity contribution in [2.45, 2.75) is 64.3 Å². The molecule has 0 spiro atoms. The first-order valence-corrected chi connectivity index (χ1v) is 7.22. The lowest BCUT2D eigenvalue weighted by Gasteiger charge is -2.28. The van der Waals surface area contributed by atoms with E-state index < -0.39 is 0 Å². The van der Waals surface area contributed by atoms with E-state index in [1.54, 1.807) is 0 Å². The minimum absolute atomic E-state index is 0.663. The van der Waals surface area contributed by atoms with Gasteiger partial charge in [-0.1, -0.05) is 39.0 Å². The molecule has 0 aliphatic carbocycles. The number of nitrogens with zero attached hydrogens (tertiary/aromatic N) is 1. The van der Waals surface area contributed by atoms with Gasteiger partial charge < -0.3 is 0 Å². The molecule has 1 unspecified atom stereocenters. The first-order valence-electron chi connectivity index (χ1n) is 6.68.